The molecule has 0 aliphatic carbocycles. The third kappa shape index (κ3) is 2.42. The second kappa shape index (κ2) is 4.11. The Balaban J connectivity index is 2.07. The van der Waals surface area contributed by atoms with Gasteiger partial charge in [0.1, 0.15) is 11.9 Å². The van der Waals surface area contributed by atoms with E-state index in [2.05, 4.69) is 11.9 Å². The van der Waals surface area contributed by atoms with Crippen LogP contribution in [-0.2, 0) is 0 Å². The van der Waals surface area contributed by atoms with Gasteiger partial charge in [-0.1, -0.05) is 6.07 Å². The SMILES string of the molecule is Cc1ccc(N)cc1O[C@@H]1CCN(C)C1. The van der Waals surface area contributed by atoms with Gasteiger partial charge in [0, 0.05) is 24.8 Å². The fourth-order valence-electron chi connectivity index (χ4n) is 1.91. The molecule has 15 heavy (non-hydrogen) atoms. The highest BCUT2D eigenvalue weighted by Crippen LogP contribution is 2.24. The Bertz CT molecular complexity index is 351. The van der Waals surface area contributed by atoms with Crippen LogP contribution < -0.4 is 10.5 Å². The van der Waals surface area contributed by atoms with Gasteiger partial charge < -0.3 is 15.4 Å². The van der Waals surface area contributed by atoms with Crippen molar-refractivity contribution in [2.45, 2.75) is 19.4 Å². The number of ether oxygens (including phenoxy) is 1. The molecule has 1 aliphatic heterocycles. The van der Waals surface area contributed by atoms with Crippen molar-refractivity contribution in [3.8, 4) is 5.75 Å². The third-order valence-corrected chi connectivity index (χ3v) is 2.85. The van der Waals surface area contributed by atoms with E-state index in [-0.39, 0.29) is 0 Å². The molecule has 2 N–H and O–H groups in total. The summed E-state index contributed by atoms with van der Waals surface area (Å²) in [5.74, 6) is 0.926. The Morgan fingerprint density at radius 2 is 2.27 bits per heavy atom. The van der Waals surface area contributed by atoms with Gasteiger partial charge in [-0.3, -0.25) is 0 Å². The largest absolute Gasteiger partial charge is 0.489 e. The zero-order chi connectivity index (χ0) is 10.8. The molecule has 0 bridgehead atoms. The first-order valence-corrected chi connectivity index (χ1v) is 5.36. The Morgan fingerprint density at radius 3 is 2.93 bits per heavy atom. The summed E-state index contributed by atoms with van der Waals surface area (Å²) in [6, 6.07) is 5.82. The van der Waals surface area contributed by atoms with Gasteiger partial charge in [0.25, 0.3) is 0 Å². The molecule has 3 heteroatoms. The Morgan fingerprint density at radius 1 is 1.47 bits per heavy atom. The maximum absolute atomic E-state index is 5.94. The maximum Gasteiger partial charge on any atom is 0.124 e. The van der Waals surface area contributed by atoms with E-state index in [0.717, 1.165) is 36.5 Å². The van der Waals surface area contributed by atoms with Gasteiger partial charge in [0.2, 0.25) is 0 Å². The topological polar surface area (TPSA) is 38.5 Å². The summed E-state index contributed by atoms with van der Waals surface area (Å²) in [7, 11) is 2.12. The van der Waals surface area contributed by atoms with E-state index in [1.807, 2.05) is 25.1 Å². The Hall–Kier alpha value is -1.22. The van der Waals surface area contributed by atoms with E-state index in [9.17, 15) is 0 Å². The molecule has 0 aromatic heterocycles. The summed E-state index contributed by atoms with van der Waals surface area (Å²) in [6.07, 6.45) is 1.42. The van der Waals surface area contributed by atoms with Crippen LogP contribution in [0.5, 0.6) is 5.75 Å². The lowest BCUT2D eigenvalue weighted by atomic mass is 10.2. The average Bonchev–Trinajstić information content (AvgIpc) is 2.58. The van der Waals surface area contributed by atoms with Crippen LogP contribution in [0.1, 0.15) is 12.0 Å². The number of aryl methyl sites for hydroxylation is 1. The fourth-order valence-corrected chi connectivity index (χ4v) is 1.91. The van der Waals surface area contributed by atoms with E-state index in [0.29, 0.717) is 6.10 Å². The standard InChI is InChI=1S/C12H18N2O/c1-9-3-4-10(13)7-12(9)15-11-5-6-14(2)8-11/h3-4,7,11H,5-6,8,13H2,1-2H3/t11-/m1/s1. The summed E-state index contributed by atoms with van der Waals surface area (Å²) >= 11 is 0. The van der Waals surface area contributed by atoms with Gasteiger partial charge in [-0.25, -0.2) is 0 Å². The zero-order valence-electron chi connectivity index (χ0n) is 9.36. The molecule has 1 saturated heterocycles. The molecule has 0 radical (unpaired) electrons. The number of nitrogens with two attached hydrogens (primary N) is 1. The summed E-state index contributed by atoms with van der Waals surface area (Å²) in [5, 5.41) is 0. The third-order valence-electron chi connectivity index (χ3n) is 2.85. The van der Waals surface area contributed by atoms with Crippen LogP contribution in [-0.4, -0.2) is 31.1 Å². The number of likely N-dealkylation sites (tertiary alicyclic amines) is 1. The molecule has 2 rings (SSSR count). The Labute approximate surface area is 90.8 Å². The summed E-state index contributed by atoms with van der Waals surface area (Å²) in [4.78, 5) is 2.28. The lowest BCUT2D eigenvalue weighted by Gasteiger charge is -2.15. The van der Waals surface area contributed by atoms with Gasteiger partial charge in [0.05, 0.1) is 0 Å². The Kier molecular flexibility index (Phi) is 2.82. The van der Waals surface area contributed by atoms with E-state index in [1.165, 1.54) is 0 Å². The number of benzene rings is 1. The number of nitrogen functional groups attached to an aromatic ring is 1. The summed E-state index contributed by atoms with van der Waals surface area (Å²) in [5.41, 5.74) is 7.66. The van der Waals surface area contributed by atoms with Crippen LogP contribution in [0.2, 0.25) is 0 Å². The van der Waals surface area contributed by atoms with Gasteiger partial charge in [-0.05, 0) is 32.0 Å². The van der Waals surface area contributed by atoms with Crippen molar-refractivity contribution < 1.29 is 4.74 Å². The molecule has 0 spiro atoms. The fraction of sp³-hybridized carbons (Fsp3) is 0.500. The number of anilines is 1. The average molecular weight is 206 g/mol. The minimum atomic E-state index is 0.315. The minimum Gasteiger partial charge on any atom is -0.489 e. The molecule has 1 aliphatic rings. The molecule has 82 valence electrons. The normalized spacial score (nSPS) is 21.9. The van der Waals surface area contributed by atoms with Crippen LogP contribution in [0.4, 0.5) is 5.69 Å². The first-order valence-electron chi connectivity index (χ1n) is 5.36. The molecular formula is C12H18N2O. The highest BCUT2D eigenvalue weighted by molar-refractivity contribution is 5.48. The minimum absolute atomic E-state index is 0.315. The van der Waals surface area contributed by atoms with Gasteiger partial charge in [0.15, 0.2) is 0 Å². The predicted octanol–water partition coefficient (Wildman–Crippen LogP) is 1.66. The molecule has 0 saturated carbocycles. The number of nitrogens with zero attached hydrogens (tertiary/aromatic N) is 1. The van der Waals surface area contributed by atoms with Crippen molar-refractivity contribution in [3.05, 3.63) is 23.8 Å². The number of rotatable bonds is 2. The van der Waals surface area contributed by atoms with E-state index >= 15 is 0 Å². The molecule has 1 fully saturated rings. The van der Waals surface area contributed by atoms with Crippen molar-refractivity contribution in [3.63, 3.8) is 0 Å². The highest BCUT2D eigenvalue weighted by atomic mass is 16.5. The number of hydrogen-bond acceptors (Lipinski definition) is 3. The van der Waals surface area contributed by atoms with Gasteiger partial charge >= 0.3 is 0 Å². The van der Waals surface area contributed by atoms with Crippen LogP contribution in [0.25, 0.3) is 0 Å². The zero-order valence-corrected chi connectivity index (χ0v) is 9.36. The monoisotopic (exact) mass is 206 g/mol. The van der Waals surface area contributed by atoms with Gasteiger partial charge in [-0.15, -0.1) is 0 Å². The quantitative estimate of drug-likeness (QED) is 0.748. The van der Waals surface area contributed by atoms with E-state index in [4.69, 9.17) is 10.5 Å². The smallest absolute Gasteiger partial charge is 0.124 e. The number of likely N-dealkylation sites (N-methyl/N-ethyl adjacent to an activating group) is 1. The van der Waals surface area contributed by atoms with Crippen molar-refractivity contribution in [2.24, 2.45) is 0 Å². The molecule has 1 atom stereocenters. The first kappa shape index (κ1) is 10.3. The lowest BCUT2D eigenvalue weighted by molar-refractivity contribution is 0.207. The molecule has 0 unspecified atom stereocenters. The van der Waals surface area contributed by atoms with E-state index < -0.39 is 0 Å². The van der Waals surface area contributed by atoms with Crippen molar-refractivity contribution in [2.75, 3.05) is 25.9 Å². The van der Waals surface area contributed by atoms with Crippen molar-refractivity contribution >= 4 is 5.69 Å². The molecular weight excluding hydrogens is 188 g/mol. The second-order valence-electron chi connectivity index (χ2n) is 4.32. The van der Waals surface area contributed by atoms with Crippen molar-refractivity contribution in [1.82, 2.24) is 4.90 Å². The molecule has 3 nitrogen and oxygen atoms in total. The maximum atomic E-state index is 5.94. The van der Waals surface area contributed by atoms with Crippen LogP contribution >= 0.6 is 0 Å². The van der Waals surface area contributed by atoms with Crippen LogP contribution in [0.15, 0.2) is 18.2 Å². The first-order chi connectivity index (χ1) is 7.15. The molecule has 1 heterocycles. The molecule has 0 amide bonds. The lowest BCUT2D eigenvalue weighted by Crippen LogP contribution is -2.21. The van der Waals surface area contributed by atoms with Crippen molar-refractivity contribution in [1.29, 1.82) is 0 Å². The van der Waals surface area contributed by atoms with E-state index in [1.54, 1.807) is 0 Å². The molecule has 1 aromatic carbocycles. The summed E-state index contributed by atoms with van der Waals surface area (Å²) < 4.78 is 5.94. The van der Waals surface area contributed by atoms with Gasteiger partial charge in [-0.2, -0.15) is 0 Å². The second-order valence-corrected chi connectivity index (χ2v) is 4.32. The molecule has 1 aromatic rings. The highest BCUT2D eigenvalue weighted by Gasteiger charge is 2.21. The van der Waals surface area contributed by atoms with Crippen LogP contribution in [0.3, 0.4) is 0 Å². The number of hydrogen-bond donors (Lipinski definition) is 1. The van der Waals surface area contributed by atoms with Crippen LogP contribution in [0, 0.1) is 6.92 Å². The predicted molar refractivity (Wildman–Crippen MR) is 62.1 cm³/mol. The summed E-state index contributed by atoms with van der Waals surface area (Å²) in [6.45, 7) is 4.17.